The van der Waals surface area contributed by atoms with E-state index in [2.05, 4.69) is 22.0 Å². The van der Waals surface area contributed by atoms with Gasteiger partial charge >= 0.3 is 0 Å². The van der Waals surface area contributed by atoms with E-state index in [9.17, 15) is 0 Å². The van der Waals surface area contributed by atoms with Crippen LogP contribution in [0.1, 0.15) is 37.3 Å². The maximum atomic E-state index is 6.34. The Morgan fingerprint density at radius 1 is 1.35 bits per heavy atom. The maximum absolute atomic E-state index is 6.34. The van der Waals surface area contributed by atoms with Crippen molar-refractivity contribution < 1.29 is 4.74 Å². The molecule has 1 atom stereocenters. The van der Waals surface area contributed by atoms with E-state index >= 15 is 0 Å². The summed E-state index contributed by atoms with van der Waals surface area (Å²) in [5, 5.41) is 0. The number of halogens is 1. The maximum Gasteiger partial charge on any atom is 0.119 e. The van der Waals surface area contributed by atoms with Gasteiger partial charge in [-0.3, -0.25) is 0 Å². The molecular weight excluding hydrogens is 278 g/mol. The number of rotatable bonds is 3. The predicted octanol–water partition coefficient (Wildman–Crippen LogP) is 3.96. The van der Waals surface area contributed by atoms with Crippen molar-refractivity contribution in [2.75, 3.05) is 7.11 Å². The Morgan fingerprint density at radius 2 is 2.18 bits per heavy atom. The van der Waals surface area contributed by atoms with Crippen molar-refractivity contribution in [2.45, 2.75) is 31.7 Å². The Hall–Kier alpha value is -0.800. The van der Waals surface area contributed by atoms with E-state index in [1.807, 2.05) is 18.2 Å². The monoisotopic (exact) mass is 295 g/mol. The van der Waals surface area contributed by atoms with Gasteiger partial charge in [-0.2, -0.15) is 0 Å². The van der Waals surface area contributed by atoms with Gasteiger partial charge in [-0.05, 0) is 49.4 Å². The average molecular weight is 296 g/mol. The highest BCUT2D eigenvalue weighted by Gasteiger charge is 2.17. The Labute approximate surface area is 111 Å². The zero-order chi connectivity index (χ0) is 12.3. The highest BCUT2D eigenvalue weighted by atomic mass is 79.9. The molecule has 0 fully saturated rings. The van der Waals surface area contributed by atoms with Crippen LogP contribution in [0, 0.1) is 0 Å². The smallest absolute Gasteiger partial charge is 0.119 e. The fourth-order valence-corrected chi connectivity index (χ4v) is 2.73. The quantitative estimate of drug-likeness (QED) is 0.857. The number of hydrogen-bond acceptors (Lipinski definition) is 2. The lowest BCUT2D eigenvalue weighted by molar-refractivity contribution is 0.414. The highest BCUT2D eigenvalue weighted by molar-refractivity contribution is 9.10. The second-order valence-corrected chi connectivity index (χ2v) is 5.24. The summed E-state index contributed by atoms with van der Waals surface area (Å²) in [5.74, 6) is 0.857. The summed E-state index contributed by atoms with van der Waals surface area (Å²) in [7, 11) is 1.68. The first-order valence-electron chi connectivity index (χ1n) is 6.00. The van der Waals surface area contributed by atoms with Gasteiger partial charge in [-0.25, -0.2) is 0 Å². The van der Waals surface area contributed by atoms with Gasteiger partial charge in [0.1, 0.15) is 5.75 Å². The van der Waals surface area contributed by atoms with Crippen molar-refractivity contribution in [3.63, 3.8) is 0 Å². The minimum atomic E-state index is -0.0141. The molecule has 17 heavy (non-hydrogen) atoms. The summed E-state index contributed by atoms with van der Waals surface area (Å²) in [5.41, 5.74) is 8.80. The predicted molar refractivity (Wildman–Crippen MR) is 74.2 cm³/mol. The van der Waals surface area contributed by atoms with Gasteiger partial charge in [-0.15, -0.1) is 0 Å². The van der Waals surface area contributed by atoms with Crippen LogP contribution in [0.3, 0.4) is 0 Å². The minimum Gasteiger partial charge on any atom is -0.497 e. The molecule has 92 valence electrons. The summed E-state index contributed by atoms with van der Waals surface area (Å²) in [6.45, 7) is 0. The topological polar surface area (TPSA) is 35.2 Å². The molecule has 1 aromatic rings. The third kappa shape index (κ3) is 2.90. The minimum absolute atomic E-state index is 0.0141. The van der Waals surface area contributed by atoms with E-state index in [1.54, 1.807) is 7.11 Å². The number of allylic oxidation sites excluding steroid dienone is 1. The summed E-state index contributed by atoms with van der Waals surface area (Å²) in [6.07, 6.45) is 7.10. The van der Waals surface area contributed by atoms with Crippen LogP contribution in [0.15, 0.2) is 34.3 Å². The third-order valence-electron chi connectivity index (χ3n) is 3.26. The normalized spacial score (nSPS) is 17.5. The van der Waals surface area contributed by atoms with E-state index in [0.29, 0.717) is 0 Å². The molecule has 2 N–H and O–H groups in total. The number of methoxy groups -OCH3 is 1. The van der Waals surface area contributed by atoms with Crippen molar-refractivity contribution in [3.05, 3.63) is 39.9 Å². The number of benzene rings is 1. The molecular formula is C14H18BrNO. The molecule has 0 heterocycles. The van der Waals surface area contributed by atoms with Crippen molar-refractivity contribution in [2.24, 2.45) is 5.73 Å². The molecule has 1 aliphatic rings. The highest BCUT2D eigenvalue weighted by Crippen LogP contribution is 2.33. The summed E-state index contributed by atoms with van der Waals surface area (Å²) >= 11 is 3.56. The molecule has 0 aromatic heterocycles. The Kier molecular flexibility index (Phi) is 4.24. The molecule has 2 nitrogen and oxygen atoms in total. The van der Waals surface area contributed by atoms with Crippen LogP contribution in [0.5, 0.6) is 5.75 Å². The average Bonchev–Trinajstić information content (AvgIpc) is 2.39. The van der Waals surface area contributed by atoms with E-state index in [-0.39, 0.29) is 6.04 Å². The lowest BCUT2D eigenvalue weighted by atomic mass is 9.90. The van der Waals surface area contributed by atoms with Gasteiger partial charge in [-0.1, -0.05) is 27.6 Å². The fraction of sp³-hybridized carbons (Fsp3) is 0.429. The van der Waals surface area contributed by atoms with Crippen molar-refractivity contribution in [1.29, 1.82) is 0 Å². The zero-order valence-corrected chi connectivity index (χ0v) is 11.7. The van der Waals surface area contributed by atoms with Crippen molar-refractivity contribution >= 4 is 15.9 Å². The molecule has 1 unspecified atom stereocenters. The first-order valence-corrected chi connectivity index (χ1v) is 6.79. The molecule has 1 aromatic carbocycles. The number of hydrogen-bond donors (Lipinski definition) is 1. The largest absolute Gasteiger partial charge is 0.497 e. The SMILES string of the molecule is COc1ccc(Br)c(C(N)C2=CCCCC2)c1. The van der Waals surface area contributed by atoms with Crippen LogP contribution < -0.4 is 10.5 Å². The van der Waals surface area contributed by atoms with Gasteiger partial charge in [0.2, 0.25) is 0 Å². The van der Waals surface area contributed by atoms with Crippen LogP contribution in [0.4, 0.5) is 0 Å². The van der Waals surface area contributed by atoms with E-state index < -0.39 is 0 Å². The Morgan fingerprint density at radius 3 is 2.82 bits per heavy atom. The zero-order valence-electron chi connectivity index (χ0n) is 10.1. The Balaban J connectivity index is 2.28. The molecule has 0 amide bonds. The van der Waals surface area contributed by atoms with Crippen LogP contribution in [-0.2, 0) is 0 Å². The van der Waals surface area contributed by atoms with Crippen molar-refractivity contribution in [3.8, 4) is 5.75 Å². The molecule has 0 spiro atoms. The molecule has 0 radical (unpaired) electrons. The lowest BCUT2D eigenvalue weighted by Gasteiger charge is -2.21. The summed E-state index contributed by atoms with van der Waals surface area (Å²) in [6, 6.07) is 5.94. The number of ether oxygens (including phenoxy) is 1. The molecule has 0 saturated carbocycles. The molecule has 0 saturated heterocycles. The van der Waals surface area contributed by atoms with E-state index in [0.717, 1.165) is 28.6 Å². The van der Waals surface area contributed by atoms with Crippen molar-refractivity contribution in [1.82, 2.24) is 0 Å². The second kappa shape index (κ2) is 5.69. The van der Waals surface area contributed by atoms with Crippen LogP contribution in [-0.4, -0.2) is 7.11 Å². The third-order valence-corrected chi connectivity index (χ3v) is 3.99. The first kappa shape index (κ1) is 12.7. The van der Waals surface area contributed by atoms with Crippen LogP contribution >= 0.6 is 15.9 Å². The molecule has 0 bridgehead atoms. The summed E-state index contributed by atoms with van der Waals surface area (Å²) in [4.78, 5) is 0. The van der Waals surface area contributed by atoms with Gasteiger partial charge in [0.15, 0.2) is 0 Å². The molecule has 2 rings (SSSR count). The van der Waals surface area contributed by atoms with Gasteiger partial charge < -0.3 is 10.5 Å². The number of nitrogens with two attached hydrogens (primary N) is 1. The van der Waals surface area contributed by atoms with Gasteiger partial charge in [0.05, 0.1) is 13.2 Å². The van der Waals surface area contributed by atoms with Gasteiger partial charge in [0, 0.05) is 4.47 Å². The van der Waals surface area contributed by atoms with Crippen LogP contribution in [0.2, 0.25) is 0 Å². The van der Waals surface area contributed by atoms with E-state index in [1.165, 1.54) is 18.4 Å². The van der Waals surface area contributed by atoms with Gasteiger partial charge in [0.25, 0.3) is 0 Å². The molecule has 3 heteroatoms. The molecule has 0 aliphatic heterocycles. The fourth-order valence-electron chi connectivity index (χ4n) is 2.23. The van der Waals surface area contributed by atoms with Crippen LogP contribution in [0.25, 0.3) is 0 Å². The Bertz CT molecular complexity index is 428. The molecule has 1 aliphatic carbocycles. The van der Waals surface area contributed by atoms with E-state index in [4.69, 9.17) is 10.5 Å². The lowest BCUT2D eigenvalue weighted by Crippen LogP contribution is -2.15. The summed E-state index contributed by atoms with van der Waals surface area (Å²) < 4.78 is 6.30. The first-order chi connectivity index (χ1) is 8.22. The standard InChI is InChI=1S/C14H18BrNO/c1-17-11-7-8-13(15)12(9-11)14(16)10-5-3-2-4-6-10/h5,7-9,14H,2-4,6,16H2,1H3. The second-order valence-electron chi connectivity index (χ2n) is 4.39.